The zero-order valence-electron chi connectivity index (χ0n) is 17.1. The first-order valence-corrected chi connectivity index (χ1v) is 10.3. The van der Waals surface area contributed by atoms with Gasteiger partial charge in [-0.3, -0.25) is 14.3 Å². The van der Waals surface area contributed by atoms with Crippen molar-refractivity contribution in [2.24, 2.45) is 0 Å². The van der Waals surface area contributed by atoms with Gasteiger partial charge in [0, 0.05) is 32.6 Å². The SMILES string of the molecule is CCOC(=O)CCCn1cc(C(SC(C)=O)C2=CCCNC2)nn1.O=C(O)C(F)(F)F. The largest absolute Gasteiger partial charge is 0.490 e. The first-order chi connectivity index (χ1) is 14.5. The van der Waals surface area contributed by atoms with Gasteiger partial charge in [0.2, 0.25) is 0 Å². The lowest BCUT2D eigenvalue weighted by Crippen LogP contribution is -2.24. The molecule has 0 saturated carbocycles. The van der Waals surface area contributed by atoms with E-state index in [2.05, 4.69) is 21.7 Å². The van der Waals surface area contributed by atoms with E-state index >= 15 is 0 Å². The van der Waals surface area contributed by atoms with Gasteiger partial charge in [-0.2, -0.15) is 13.2 Å². The lowest BCUT2D eigenvalue weighted by atomic mass is 10.1. The Morgan fingerprint density at radius 3 is 2.58 bits per heavy atom. The summed E-state index contributed by atoms with van der Waals surface area (Å²) in [5.41, 5.74) is 1.95. The Morgan fingerprint density at radius 2 is 2.06 bits per heavy atom. The molecule has 174 valence electrons. The number of carboxylic acids is 1. The van der Waals surface area contributed by atoms with Gasteiger partial charge in [-0.15, -0.1) is 5.10 Å². The third-order valence-electron chi connectivity index (χ3n) is 3.82. The summed E-state index contributed by atoms with van der Waals surface area (Å²) in [6.07, 6.45) is 0.927. The molecule has 1 aliphatic heterocycles. The van der Waals surface area contributed by atoms with Crippen LogP contribution in [0.25, 0.3) is 0 Å². The van der Waals surface area contributed by atoms with E-state index in [0.29, 0.717) is 26.0 Å². The van der Waals surface area contributed by atoms with Crippen molar-refractivity contribution in [3.63, 3.8) is 0 Å². The van der Waals surface area contributed by atoms with Crippen LogP contribution in [-0.4, -0.2) is 63.0 Å². The minimum atomic E-state index is -5.08. The normalized spacial score (nSPS) is 14.7. The summed E-state index contributed by atoms with van der Waals surface area (Å²) < 4.78 is 38.4. The number of alkyl halides is 3. The van der Waals surface area contributed by atoms with Crippen LogP contribution >= 0.6 is 11.8 Å². The number of rotatable bonds is 8. The van der Waals surface area contributed by atoms with Crippen LogP contribution in [0.15, 0.2) is 17.8 Å². The molecule has 31 heavy (non-hydrogen) atoms. The van der Waals surface area contributed by atoms with Crippen LogP contribution < -0.4 is 5.32 Å². The van der Waals surface area contributed by atoms with Crippen LogP contribution in [0.2, 0.25) is 0 Å². The van der Waals surface area contributed by atoms with Crippen LogP contribution in [0.1, 0.15) is 44.1 Å². The van der Waals surface area contributed by atoms with Crippen LogP contribution in [-0.2, 0) is 25.7 Å². The monoisotopic (exact) mass is 466 g/mol. The summed E-state index contributed by atoms with van der Waals surface area (Å²) in [6.45, 7) is 6.09. The molecule has 0 aliphatic carbocycles. The molecule has 1 aliphatic rings. The third kappa shape index (κ3) is 10.4. The molecule has 13 heteroatoms. The number of carbonyl (C=O) groups is 3. The Balaban J connectivity index is 0.000000592. The van der Waals surface area contributed by atoms with Gasteiger partial charge < -0.3 is 15.2 Å². The summed E-state index contributed by atoms with van der Waals surface area (Å²) in [5, 5.41) is 18.8. The van der Waals surface area contributed by atoms with Gasteiger partial charge >= 0.3 is 18.1 Å². The molecule has 1 aromatic rings. The van der Waals surface area contributed by atoms with E-state index in [9.17, 15) is 22.8 Å². The van der Waals surface area contributed by atoms with Gasteiger partial charge in [-0.25, -0.2) is 4.79 Å². The van der Waals surface area contributed by atoms with Crippen molar-refractivity contribution < 1.29 is 37.4 Å². The summed E-state index contributed by atoms with van der Waals surface area (Å²) in [6, 6.07) is 0. The molecule has 2 N–H and O–H groups in total. The molecule has 0 bridgehead atoms. The van der Waals surface area contributed by atoms with Gasteiger partial charge in [0.25, 0.3) is 0 Å². The zero-order valence-corrected chi connectivity index (χ0v) is 18.0. The standard InChI is InChI=1S/C16H24N4O3S.C2HF3O2/c1-3-23-15(22)7-5-9-20-11-14(18-19-20)16(24-12(2)21)13-6-4-8-17-10-13;3-2(4,5)1(6)7/h6,11,16-17H,3-5,7-10H2,1-2H3;(H,6,7). The summed E-state index contributed by atoms with van der Waals surface area (Å²) in [4.78, 5) is 31.8. The highest BCUT2D eigenvalue weighted by Gasteiger charge is 2.38. The second-order valence-corrected chi connectivity index (χ2v) is 7.63. The molecule has 0 amide bonds. The van der Waals surface area contributed by atoms with E-state index in [0.717, 1.165) is 25.2 Å². The van der Waals surface area contributed by atoms with Crippen molar-refractivity contribution in [3.8, 4) is 0 Å². The second-order valence-electron chi connectivity index (χ2n) is 6.35. The Morgan fingerprint density at radius 1 is 1.39 bits per heavy atom. The van der Waals surface area contributed by atoms with Crippen molar-refractivity contribution >= 4 is 28.8 Å². The summed E-state index contributed by atoms with van der Waals surface area (Å²) in [5.74, 6) is -2.95. The number of aromatic nitrogens is 3. The molecule has 9 nitrogen and oxygen atoms in total. The first kappa shape index (κ1) is 26.6. The number of thioether (sulfide) groups is 1. The van der Waals surface area contributed by atoms with E-state index in [1.54, 1.807) is 18.5 Å². The zero-order chi connectivity index (χ0) is 23.4. The first-order valence-electron chi connectivity index (χ1n) is 9.47. The van der Waals surface area contributed by atoms with E-state index < -0.39 is 12.1 Å². The van der Waals surface area contributed by atoms with E-state index in [1.165, 1.54) is 17.3 Å². The number of hydrogen-bond donors (Lipinski definition) is 2. The maximum absolute atomic E-state index is 11.6. The number of halogens is 3. The average molecular weight is 466 g/mol. The molecule has 2 heterocycles. The van der Waals surface area contributed by atoms with Crippen LogP contribution in [0.5, 0.6) is 0 Å². The van der Waals surface area contributed by atoms with Crippen molar-refractivity contribution in [1.29, 1.82) is 0 Å². The molecule has 1 aromatic heterocycles. The molecule has 1 unspecified atom stereocenters. The van der Waals surface area contributed by atoms with Gasteiger partial charge in [-0.05, 0) is 31.9 Å². The smallest absolute Gasteiger partial charge is 0.475 e. The second kappa shape index (κ2) is 13.1. The van der Waals surface area contributed by atoms with Gasteiger partial charge in [-0.1, -0.05) is 23.1 Å². The van der Waals surface area contributed by atoms with Crippen molar-refractivity contribution in [2.75, 3.05) is 19.7 Å². The molecular formula is C18H25F3N4O5S. The highest BCUT2D eigenvalue weighted by Crippen LogP contribution is 2.35. The molecule has 0 aromatic carbocycles. The number of nitrogens with one attached hydrogen (secondary N) is 1. The van der Waals surface area contributed by atoms with E-state index in [4.69, 9.17) is 14.6 Å². The minimum absolute atomic E-state index is 0.0586. The average Bonchev–Trinajstić information content (AvgIpc) is 3.15. The number of esters is 1. The van der Waals surface area contributed by atoms with Crippen LogP contribution in [0.3, 0.4) is 0 Å². The molecule has 0 radical (unpaired) electrons. The minimum Gasteiger partial charge on any atom is -0.475 e. The number of hydrogen-bond acceptors (Lipinski definition) is 8. The predicted molar refractivity (Wildman–Crippen MR) is 106 cm³/mol. The highest BCUT2D eigenvalue weighted by atomic mass is 32.2. The van der Waals surface area contributed by atoms with Crippen molar-refractivity contribution in [3.05, 3.63) is 23.5 Å². The Labute approximate surface area is 181 Å². The maximum atomic E-state index is 11.6. The topological polar surface area (TPSA) is 123 Å². The number of carbonyl (C=O) groups excluding carboxylic acids is 2. The lowest BCUT2D eigenvalue weighted by molar-refractivity contribution is -0.192. The van der Waals surface area contributed by atoms with Gasteiger partial charge in [0.15, 0.2) is 5.12 Å². The molecule has 0 fully saturated rings. The Bertz CT molecular complexity index is 782. The predicted octanol–water partition coefficient (Wildman–Crippen LogP) is 2.50. The van der Waals surface area contributed by atoms with E-state index in [1.807, 2.05) is 6.20 Å². The number of nitrogens with zero attached hydrogens (tertiary/aromatic N) is 3. The van der Waals surface area contributed by atoms with Crippen LogP contribution in [0.4, 0.5) is 13.2 Å². The molecular weight excluding hydrogens is 441 g/mol. The van der Waals surface area contributed by atoms with Crippen molar-refractivity contribution in [1.82, 2.24) is 20.3 Å². The fourth-order valence-electron chi connectivity index (χ4n) is 2.52. The fourth-order valence-corrected chi connectivity index (χ4v) is 3.41. The summed E-state index contributed by atoms with van der Waals surface area (Å²) >= 11 is 1.27. The molecule has 0 spiro atoms. The highest BCUT2D eigenvalue weighted by molar-refractivity contribution is 8.13. The third-order valence-corrected chi connectivity index (χ3v) is 4.93. The van der Waals surface area contributed by atoms with Gasteiger partial charge in [0.1, 0.15) is 5.69 Å². The van der Waals surface area contributed by atoms with Crippen LogP contribution in [0, 0.1) is 0 Å². The molecule has 1 atom stereocenters. The Kier molecular flexibility index (Phi) is 11.3. The maximum Gasteiger partial charge on any atom is 0.490 e. The Hall–Kier alpha value is -2.41. The number of ether oxygens (including phenoxy) is 1. The number of carboxylic acid groups (broad SMARTS) is 1. The fraction of sp³-hybridized carbons (Fsp3) is 0.611. The quantitative estimate of drug-likeness (QED) is 0.439. The molecule has 2 rings (SSSR count). The van der Waals surface area contributed by atoms with Crippen molar-refractivity contribution in [2.45, 2.75) is 51.1 Å². The van der Waals surface area contributed by atoms with E-state index in [-0.39, 0.29) is 16.3 Å². The number of aryl methyl sites for hydroxylation is 1. The summed E-state index contributed by atoms with van der Waals surface area (Å²) in [7, 11) is 0. The molecule has 0 saturated heterocycles. The lowest BCUT2D eigenvalue weighted by Gasteiger charge is -2.20. The van der Waals surface area contributed by atoms with Gasteiger partial charge in [0.05, 0.1) is 11.9 Å². The number of aliphatic carboxylic acids is 1.